The van der Waals surface area contributed by atoms with Gasteiger partial charge in [-0.3, -0.25) is 9.59 Å². The van der Waals surface area contributed by atoms with E-state index < -0.39 is 0 Å². The molecule has 1 unspecified atom stereocenters. The summed E-state index contributed by atoms with van der Waals surface area (Å²) >= 11 is 0. The van der Waals surface area contributed by atoms with Crippen LogP contribution < -0.4 is 0 Å². The van der Waals surface area contributed by atoms with Crippen molar-refractivity contribution in [2.24, 2.45) is 5.92 Å². The lowest BCUT2D eigenvalue weighted by Crippen LogP contribution is -2.42. The van der Waals surface area contributed by atoms with Crippen molar-refractivity contribution in [3.05, 3.63) is 41.7 Å². The van der Waals surface area contributed by atoms with Crippen molar-refractivity contribution in [2.75, 3.05) is 13.7 Å². The number of hydrogen-bond donors (Lipinski definition) is 0. The van der Waals surface area contributed by atoms with E-state index >= 15 is 0 Å². The average molecular weight is 333 g/mol. The Kier molecular flexibility index (Phi) is 6.53. The first kappa shape index (κ1) is 18.2. The van der Waals surface area contributed by atoms with E-state index in [0.717, 1.165) is 31.2 Å². The summed E-state index contributed by atoms with van der Waals surface area (Å²) < 4.78 is 17.7. The molecule has 1 fully saturated rings. The van der Waals surface area contributed by atoms with Crippen LogP contribution >= 0.6 is 0 Å². The summed E-state index contributed by atoms with van der Waals surface area (Å²) in [5.74, 6) is -1.10. The Hall–Kier alpha value is -2.17. The largest absolute Gasteiger partial charge is 0.469 e. The zero-order valence-corrected chi connectivity index (χ0v) is 14.2. The Bertz CT molecular complexity index is 591. The van der Waals surface area contributed by atoms with Crippen molar-refractivity contribution in [3.8, 4) is 0 Å². The SMILES string of the molecule is COC(=O)C(C)CN(C(=O)/C=C/c1ccc(F)cc1)C1CCCC1. The molecule has 0 saturated heterocycles. The van der Waals surface area contributed by atoms with Crippen LogP contribution in [-0.2, 0) is 14.3 Å². The van der Waals surface area contributed by atoms with Crippen molar-refractivity contribution in [1.82, 2.24) is 4.90 Å². The number of carbonyl (C=O) groups excluding carboxylic acids is 2. The van der Waals surface area contributed by atoms with Gasteiger partial charge in [-0.05, 0) is 36.6 Å². The minimum Gasteiger partial charge on any atom is -0.469 e. The maximum Gasteiger partial charge on any atom is 0.310 e. The Morgan fingerprint density at radius 1 is 1.29 bits per heavy atom. The van der Waals surface area contributed by atoms with Gasteiger partial charge in [0.15, 0.2) is 0 Å². The number of methoxy groups -OCH3 is 1. The predicted molar refractivity (Wildman–Crippen MR) is 90.6 cm³/mol. The smallest absolute Gasteiger partial charge is 0.310 e. The molecule has 1 amide bonds. The topological polar surface area (TPSA) is 46.6 Å². The van der Waals surface area contributed by atoms with Gasteiger partial charge in [-0.1, -0.05) is 31.9 Å². The quantitative estimate of drug-likeness (QED) is 0.592. The second kappa shape index (κ2) is 8.62. The van der Waals surface area contributed by atoms with Gasteiger partial charge < -0.3 is 9.64 Å². The normalized spacial score (nSPS) is 16.3. The summed E-state index contributed by atoms with van der Waals surface area (Å²) in [6.45, 7) is 2.12. The number of ether oxygens (including phenoxy) is 1. The fourth-order valence-electron chi connectivity index (χ4n) is 3.04. The second-order valence-corrected chi connectivity index (χ2v) is 6.24. The molecule has 1 saturated carbocycles. The van der Waals surface area contributed by atoms with Crippen LogP contribution in [0.5, 0.6) is 0 Å². The van der Waals surface area contributed by atoms with E-state index in [-0.39, 0.29) is 29.7 Å². The Labute approximate surface area is 142 Å². The molecule has 1 atom stereocenters. The fraction of sp³-hybridized carbons (Fsp3) is 0.474. The minimum absolute atomic E-state index is 0.123. The number of nitrogens with zero attached hydrogens (tertiary/aromatic N) is 1. The van der Waals surface area contributed by atoms with Gasteiger partial charge in [0.05, 0.1) is 13.0 Å². The van der Waals surface area contributed by atoms with Crippen LogP contribution in [0.4, 0.5) is 4.39 Å². The second-order valence-electron chi connectivity index (χ2n) is 6.24. The van der Waals surface area contributed by atoms with Crippen LogP contribution in [0.25, 0.3) is 6.08 Å². The van der Waals surface area contributed by atoms with Gasteiger partial charge >= 0.3 is 5.97 Å². The lowest BCUT2D eigenvalue weighted by molar-refractivity contribution is -0.146. The summed E-state index contributed by atoms with van der Waals surface area (Å²) in [7, 11) is 1.36. The van der Waals surface area contributed by atoms with Gasteiger partial charge in [-0.25, -0.2) is 4.39 Å². The van der Waals surface area contributed by atoms with Crippen LogP contribution in [0.1, 0.15) is 38.2 Å². The molecule has 0 spiro atoms. The van der Waals surface area contributed by atoms with Gasteiger partial charge in [-0.15, -0.1) is 0 Å². The van der Waals surface area contributed by atoms with E-state index in [4.69, 9.17) is 4.74 Å². The first-order valence-electron chi connectivity index (χ1n) is 8.33. The number of hydrogen-bond acceptors (Lipinski definition) is 3. The zero-order chi connectivity index (χ0) is 17.5. The molecule has 24 heavy (non-hydrogen) atoms. The maximum absolute atomic E-state index is 12.9. The number of amides is 1. The van der Waals surface area contributed by atoms with Crippen molar-refractivity contribution in [1.29, 1.82) is 0 Å². The Morgan fingerprint density at radius 2 is 1.92 bits per heavy atom. The third-order valence-electron chi connectivity index (χ3n) is 4.41. The highest BCUT2D eigenvalue weighted by atomic mass is 19.1. The van der Waals surface area contributed by atoms with Gasteiger partial charge in [0.1, 0.15) is 5.82 Å². The van der Waals surface area contributed by atoms with Gasteiger partial charge in [0, 0.05) is 18.7 Å². The molecule has 1 aromatic carbocycles. The minimum atomic E-state index is -0.362. The zero-order valence-electron chi connectivity index (χ0n) is 14.2. The molecule has 0 aromatic heterocycles. The van der Waals surface area contributed by atoms with Crippen LogP contribution in [0.15, 0.2) is 30.3 Å². The fourth-order valence-corrected chi connectivity index (χ4v) is 3.04. The number of benzene rings is 1. The van der Waals surface area contributed by atoms with Crippen molar-refractivity contribution < 1.29 is 18.7 Å². The number of esters is 1. The van der Waals surface area contributed by atoms with Crippen LogP contribution in [0.3, 0.4) is 0 Å². The third kappa shape index (κ3) is 4.91. The van der Waals surface area contributed by atoms with Gasteiger partial charge in [0.25, 0.3) is 0 Å². The van der Waals surface area contributed by atoms with E-state index in [1.165, 1.54) is 25.3 Å². The molecule has 0 bridgehead atoms. The average Bonchev–Trinajstić information content (AvgIpc) is 3.12. The van der Waals surface area contributed by atoms with E-state index in [1.54, 1.807) is 30.0 Å². The van der Waals surface area contributed by atoms with E-state index in [0.29, 0.717) is 6.54 Å². The monoisotopic (exact) mass is 333 g/mol. The summed E-state index contributed by atoms with van der Waals surface area (Å²) in [6.07, 6.45) is 7.29. The first-order valence-corrected chi connectivity index (χ1v) is 8.33. The van der Waals surface area contributed by atoms with Crippen LogP contribution in [-0.4, -0.2) is 36.5 Å². The van der Waals surface area contributed by atoms with Crippen molar-refractivity contribution in [3.63, 3.8) is 0 Å². The molecule has 0 N–H and O–H groups in total. The highest BCUT2D eigenvalue weighted by molar-refractivity contribution is 5.92. The molecule has 0 heterocycles. The molecule has 1 aliphatic rings. The molecule has 2 rings (SSSR count). The lowest BCUT2D eigenvalue weighted by Gasteiger charge is -2.29. The molecule has 4 nitrogen and oxygen atoms in total. The highest BCUT2D eigenvalue weighted by Gasteiger charge is 2.28. The Morgan fingerprint density at radius 3 is 2.50 bits per heavy atom. The molecular weight excluding hydrogens is 309 g/mol. The standard InChI is InChI=1S/C19H24FNO3/c1-14(19(23)24-2)13-21(17-5-3-4-6-17)18(22)12-9-15-7-10-16(20)11-8-15/h7-12,14,17H,3-6,13H2,1-2H3/b12-9+. The maximum atomic E-state index is 12.9. The summed E-state index contributed by atoms with van der Waals surface area (Å²) in [4.78, 5) is 26.1. The molecule has 0 aliphatic heterocycles. The summed E-state index contributed by atoms with van der Waals surface area (Å²) in [5, 5.41) is 0. The van der Waals surface area contributed by atoms with Gasteiger partial charge in [-0.2, -0.15) is 0 Å². The number of carbonyl (C=O) groups is 2. The highest BCUT2D eigenvalue weighted by Crippen LogP contribution is 2.25. The van der Waals surface area contributed by atoms with E-state index in [2.05, 4.69) is 0 Å². The summed E-state index contributed by atoms with van der Waals surface area (Å²) in [5.41, 5.74) is 0.761. The van der Waals surface area contributed by atoms with Crippen molar-refractivity contribution >= 4 is 18.0 Å². The molecule has 0 radical (unpaired) electrons. The lowest BCUT2D eigenvalue weighted by atomic mass is 10.1. The molecular formula is C19H24FNO3. The Balaban J connectivity index is 2.08. The number of rotatable bonds is 6. The van der Waals surface area contributed by atoms with E-state index in [1.807, 2.05) is 0 Å². The van der Waals surface area contributed by atoms with Gasteiger partial charge in [0.2, 0.25) is 5.91 Å². The van der Waals surface area contributed by atoms with Crippen LogP contribution in [0.2, 0.25) is 0 Å². The molecule has 5 heteroatoms. The molecule has 1 aromatic rings. The number of halogens is 1. The van der Waals surface area contributed by atoms with Crippen LogP contribution in [0, 0.1) is 11.7 Å². The van der Waals surface area contributed by atoms with E-state index in [9.17, 15) is 14.0 Å². The first-order chi connectivity index (χ1) is 11.5. The molecule has 1 aliphatic carbocycles. The predicted octanol–water partition coefficient (Wildman–Crippen LogP) is 3.42. The van der Waals surface area contributed by atoms with Crippen molar-refractivity contribution in [2.45, 2.75) is 38.6 Å². The third-order valence-corrected chi connectivity index (χ3v) is 4.41. The summed E-state index contributed by atoms with van der Waals surface area (Å²) in [6, 6.07) is 6.13. The molecule has 130 valence electrons.